The van der Waals surface area contributed by atoms with Crippen LogP contribution in [0, 0.1) is 0 Å². The fourth-order valence-electron chi connectivity index (χ4n) is 9.35. The molecule has 3 nitrogen and oxygen atoms in total. The number of rotatable bonds is 7. The van der Waals surface area contributed by atoms with Crippen molar-refractivity contribution in [2.45, 2.75) is 0 Å². The molecule has 0 aliphatic carbocycles. The van der Waals surface area contributed by atoms with Crippen LogP contribution in [0.15, 0.2) is 235 Å². The van der Waals surface area contributed by atoms with Gasteiger partial charge >= 0.3 is 0 Å². The molecule has 0 bridgehead atoms. The Balaban J connectivity index is 0.994. The maximum absolute atomic E-state index is 6.33. The topological polar surface area (TPSA) is 21.3 Å². The number of anilines is 3. The molecule has 0 unspecified atom stereocenters. The molecule has 0 N–H and O–H groups in total. The third-order valence-electron chi connectivity index (χ3n) is 12.2. The number of hydrogen-bond acceptors (Lipinski definition) is 2. The van der Waals surface area contributed by atoms with Crippen molar-refractivity contribution < 1.29 is 4.42 Å². The molecule has 0 fully saturated rings. The van der Waals surface area contributed by atoms with Crippen LogP contribution in [0.3, 0.4) is 0 Å². The molecule has 10 aromatic carbocycles. The molecule has 286 valence electrons. The van der Waals surface area contributed by atoms with E-state index in [0.717, 1.165) is 61.4 Å². The summed E-state index contributed by atoms with van der Waals surface area (Å²) < 4.78 is 8.74. The number of nitrogens with zero attached hydrogens (tertiary/aromatic N) is 2. The number of hydrogen-bond donors (Lipinski definition) is 0. The van der Waals surface area contributed by atoms with Gasteiger partial charge in [-0.1, -0.05) is 158 Å². The summed E-state index contributed by atoms with van der Waals surface area (Å²) in [6.45, 7) is 0. The summed E-state index contributed by atoms with van der Waals surface area (Å²) in [6.07, 6.45) is 0. The van der Waals surface area contributed by atoms with Crippen LogP contribution < -0.4 is 4.90 Å². The van der Waals surface area contributed by atoms with Gasteiger partial charge in [-0.05, 0) is 111 Å². The van der Waals surface area contributed by atoms with Crippen molar-refractivity contribution in [1.82, 2.24) is 4.57 Å². The van der Waals surface area contributed by atoms with Crippen LogP contribution in [0.25, 0.3) is 93.6 Å². The third-order valence-corrected chi connectivity index (χ3v) is 12.2. The van der Waals surface area contributed by atoms with Gasteiger partial charge in [0, 0.05) is 44.2 Å². The van der Waals surface area contributed by atoms with Crippen molar-refractivity contribution in [3.05, 3.63) is 231 Å². The summed E-state index contributed by atoms with van der Waals surface area (Å²) in [5, 5.41) is 7.24. The number of fused-ring (bicyclic) bond motifs is 7. The molecule has 0 saturated heterocycles. The molecule has 0 saturated carbocycles. The number of benzene rings is 10. The molecule has 0 aliphatic rings. The van der Waals surface area contributed by atoms with E-state index in [2.05, 4.69) is 228 Å². The first-order chi connectivity index (χ1) is 30.2. The van der Waals surface area contributed by atoms with Gasteiger partial charge in [-0.2, -0.15) is 0 Å². The van der Waals surface area contributed by atoms with Gasteiger partial charge in [-0.25, -0.2) is 0 Å². The lowest BCUT2D eigenvalue weighted by molar-refractivity contribution is 0.669. The first-order valence-electron chi connectivity index (χ1n) is 20.8. The van der Waals surface area contributed by atoms with Crippen molar-refractivity contribution in [3.8, 4) is 39.1 Å². The molecule has 0 amide bonds. The fourth-order valence-corrected chi connectivity index (χ4v) is 9.35. The highest BCUT2D eigenvalue weighted by atomic mass is 16.3. The maximum atomic E-state index is 6.33. The number of para-hydroxylation sites is 4. The minimum atomic E-state index is 0.889. The van der Waals surface area contributed by atoms with Crippen LogP contribution in [-0.4, -0.2) is 4.57 Å². The van der Waals surface area contributed by atoms with Gasteiger partial charge in [0.1, 0.15) is 11.2 Å². The van der Waals surface area contributed by atoms with E-state index in [9.17, 15) is 0 Å². The van der Waals surface area contributed by atoms with E-state index in [1.807, 2.05) is 12.1 Å². The Morgan fingerprint density at radius 3 is 1.64 bits per heavy atom. The second-order valence-corrected chi connectivity index (χ2v) is 15.7. The van der Waals surface area contributed by atoms with E-state index in [0.29, 0.717) is 0 Å². The van der Waals surface area contributed by atoms with Crippen molar-refractivity contribution in [2.24, 2.45) is 0 Å². The van der Waals surface area contributed by atoms with E-state index < -0.39 is 0 Å². The van der Waals surface area contributed by atoms with Crippen molar-refractivity contribution >= 4 is 71.6 Å². The maximum Gasteiger partial charge on any atom is 0.136 e. The lowest BCUT2D eigenvalue weighted by Crippen LogP contribution is -2.10. The van der Waals surface area contributed by atoms with E-state index in [1.54, 1.807) is 0 Å². The Kier molecular flexibility index (Phi) is 8.17. The van der Waals surface area contributed by atoms with Crippen molar-refractivity contribution in [2.75, 3.05) is 4.90 Å². The van der Waals surface area contributed by atoms with Crippen LogP contribution in [0.1, 0.15) is 0 Å². The summed E-state index contributed by atoms with van der Waals surface area (Å²) in [5.41, 5.74) is 15.5. The first-order valence-corrected chi connectivity index (χ1v) is 20.8. The zero-order valence-corrected chi connectivity index (χ0v) is 33.2. The van der Waals surface area contributed by atoms with Gasteiger partial charge in [0.15, 0.2) is 0 Å². The lowest BCUT2D eigenvalue weighted by Gasteiger charge is -2.27. The summed E-state index contributed by atoms with van der Waals surface area (Å²) in [5.74, 6) is 0. The van der Waals surface area contributed by atoms with E-state index in [-0.39, 0.29) is 0 Å². The minimum absolute atomic E-state index is 0.889. The summed E-state index contributed by atoms with van der Waals surface area (Å²) in [6, 6.07) is 83.0. The molecule has 2 aromatic heterocycles. The molecule has 61 heavy (non-hydrogen) atoms. The first kappa shape index (κ1) is 34.9. The quantitative estimate of drug-likeness (QED) is 0.161. The largest absolute Gasteiger partial charge is 0.456 e. The van der Waals surface area contributed by atoms with Crippen molar-refractivity contribution in [1.29, 1.82) is 0 Å². The average Bonchev–Trinajstić information content (AvgIpc) is 3.87. The minimum Gasteiger partial charge on any atom is -0.456 e. The molecule has 0 radical (unpaired) electrons. The lowest BCUT2D eigenvalue weighted by atomic mass is 9.97. The second-order valence-electron chi connectivity index (χ2n) is 15.7. The fraction of sp³-hybridized carbons (Fsp3) is 0. The molecule has 2 heterocycles. The van der Waals surface area contributed by atoms with Crippen LogP contribution in [0.4, 0.5) is 17.1 Å². The normalized spacial score (nSPS) is 11.6. The van der Waals surface area contributed by atoms with Gasteiger partial charge in [-0.3, -0.25) is 0 Å². The van der Waals surface area contributed by atoms with Crippen molar-refractivity contribution in [3.63, 3.8) is 0 Å². The second kappa shape index (κ2) is 14.3. The molecule has 0 aliphatic heterocycles. The molecular weight excluding hydrogens is 741 g/mol. The highest BCUT2D eigenvalue weighted by Gasteiger charge is 2.19. The SMILES string of the molecule is c1cc(-c2ccc3c(c2)oc2ccccc23)cc(N(c2ccc(-c3ccccc3-n3c4ccccc4c4ccccc43)cc2)c2cccc(-c3cccc4ccccc34)c2)c1. The number of aromatic nitrogens is 1. The smallest absolute Gasteiger partial charge is 0.136 e. The summed E-state index contributed by atoms with van der Waals surface area (Å²) in [7, 11) is 0. The van der Waals surface area contributed by atoms with Crippen LogP contribution in [0.5, 0.6) is 0 Å². The van der Waals surface area contributed by atoms with Crippen LogP contribution in [-0.2, 0) is 0 Å². The predicted molar refractivity (Wildman–Crippen MR) is 257 cm³/mol. The van der Waals surface area contributed by atoms with Gasteiger partial charge < -0.3 is 13.9 Å². The third kappa shape index (κ3) is 5.90. The Hall–Kier alpha value is -8.14. The number of furan rings is 1. The predicted octanol–water partition coefficient (Wildman–Crippen LogP) is 16.3. The van der Waals surface area contributed by atoms with Gasteiger partial charge in [-0.15, -0.1) is 0 Å². The zero-order chi connectivity index (χ0) is 40.3. The molecule has 0 spiro atoms. The van der Waals surface area contributed by atoms with Gasteiger partial charge in [0.2, 0.25) is 0 Å². The molecule has 0 atom stereocenters. The van der Waals surface area contributed by atoms with E-state index >= 15 is 0 Å². The highest BCUT2D eigenvalue weighted by molar-refractivity contribution is 6.10. The molecule has 3 heteroatoms. The van der Waals surface area contributed by atoms with E-state index in [4.69, 9.17) is 4.42 Å². The highest BCUT2D eigenvalue weighted by Crippen LogP contribution is 2.42. The summed E-state index contributed by atoms with van der Waals surface area (Å²) >= 11 is 0. The standard InChI is InChI=1S/C58H38N2O/c1-2-20-47-39(14-1)15-13-25-48(47)43-17-12-19-46(37-43)59(45-18-11-16-41(36-45)42-32-35-53-52-24-6-10-29-57(52)61-58(53)38-42)44-33-30-40(31-34-44)49-21-3-7-26-54(49)60-55-27-8-4-22-50(55)51-23-5-9-28-56(51)60/h1-38H. The summed E-state index contributed by atoms with van der Waals surface area (Å²) in [4.78, 5) is 2.38. The van der Waals surface area contributed by atoms with E-state index in [1.165, 1.54) is 49.3 Å². The Morgan fingerprint density at radius 1 is 0.311 bits per heavy atom. The van der Waals surface area contributed by atoms with Gasteiger partial charge in [0.25, 0.3) is 0 Å². The molecule has 12 aromatic rings. The zero-order valence-electron chi connectivity index (χ0n) is 33.2. The monoisotopic (exact) mass is 778 g/mol. The molecule has 12 rings (SSSR count). The molecular formula is C58H38N2O. The van der Waals surface area contributed by atoms with Gasteiger partial charge in [0.05, 0.1) is 16.7 Å². The van der Waals surface area contributed by atoms with Crippen LogP contribution >= 0.6 is 0 Å². The Morgan fingerprint density at radius 2 is 0.852 bits per heavy atom. The average molecular weight is 779 g/mol. The Labute approximate surface area is 353 Å². The Bertz CT molecular complexity index is 3550. The van der Waals surface area contributed by atoms with Crippen LogP contribution in [0.2, 0.25) is 0 Å².